The molecule has 1 N–H and O–H groups in total. The highest BCUT2D eigenvalue weighted by molar-refractivity contribution is 6.10. The molecular weight excluding hydrogens is 355 g/mol. The predicted molar refractivity (Wildman–Crippen MR) is 83.4 cm³/mol. The fourth-order valence-electron chi connectivity index (χ4n) is 2.33. The van der Waals surface area contributed by atoms with Crippen molar-refractivity contribution in [3.8, 4) is 17.2 Å². The van der Waals surface area contributed by atoms with Crippen LogP contribution in [0, 0.1) is 0 Å². The largest absolute Gasteiger partial charge is 0.481 e. The van der Waals surface area contributed by atoms with Crippen molar-refractivity contribution in [1.29, 1.82) is 0 Å². The molecule has 0 aromatic heterocycles. The Morgan fingerprint density at radius 1 is 1.19 bits per heavy atom. The minimum absolute atomic E-state index is 0.0363. The van der Waals surface area contributed by atoms with Crippen molar-refractivity contribution in [3.05, 3.63) is 47.5 Å². The molecule has 1 aliphatic rings. The van der Waals surface area contributed by atoms with Gasteiger partial charge in [0, 0.05) is 0 Å². The van der Waals surface area contributed by atoms with Gasteiger partial charge < -0.3 is 19.5 Å². The number of methoxy groups -OCH3 is 1. The van der Waals surface area contributed by atoms with Crippen molar-refractivity contribution in [2.24, 2.45) is 0 Å². The van der Waals surface area contributed by atoms with Crippen LogP contribution in [0.15, 0.2) is 36.4 Å². The number of hydrogen-bond acceptors (Lipinski definition) is 5. The van der Waals surface area contributed by atoms with E-state index in [4.69, 9.17) is 9.47 Å². The van der Waals surface area contributed by atoms with E-state index in [0.29, 0.717) is 0 Å². The minimum Gasteiger partial charge on any atom is -0.481 e. The summed E-state index contributed by atoms with van der Waals surface area (Å²) in [5.74, 6) is -1.21. The molecule has 26 heavy (non-hydrogen) atoms. The summed E-state index contributed by atoms with van der Waals surface area (Å²) in [7, 11) is 1.18. The first kappa shape index (κ1) is 17.6. The van der Waals surface area contributed by atoms with E-state index >= 15 is 0 Å². The van der Waals surface area contributed by atoms with E-state index < -0.39 is 30.2 Å². The number of carbonyl (C=O) groups is 2. The number of alkyl halides is 3. The van der Waals surface area contributed by atoms with Gasteiger partial charge in [-0.25, -0.2) is 4.79 Å². The maximum absolute atomic E-state index is 12.9. The number of nitrogens with one attached hydrogen (secondary N) is 1. The van der Waals surface area contributed by atoms with Gasteiger partial charge in [0.05, 0.1) is 18.4 Å². The number of benzene rings is 2. The number of hydrogen-bond donors (Lipinski definition) is 1. The normalized spacial score (nSPS) is 12.8. The van der Waals surface area contributed by atoms with E-state index in [1.165, 1.54) is 25.3 Å². The number of anilines is 1. The van der Waals surface area contributed by atoms with Gasteiger partial charge in [0.2, 0.25) is 0 Å². The summed E-state index contributed by atoms with van der Waals surface area (Å²) < 4.78 is 53.9. The lowest BCUT2D eigenvalue weighted by atomic mass is 10.1. The Morgan fingerprint density at radius 3 is 2.65 bits per heavy atom. The van der Waals surface area contributed by atoms with Crippen molar-refractivity contribution < 1.29 is 37.0 Å². The Morgan fingerprint density at radius 2 is 1.96 bits per heavy atom. The smallest absolute Gasteiger partial charge is 0.416 e. The van der Waals surface area contributed by atoms with Crippen molar-refractivity contribution in [1.82, 2.24) is 0 Å². The molecule has 6 nitrogen and oxygen atoms in total. The molecule has 0 saturated carbocycles. The third-order valence-electron chi connectivity index (χ3n) is 3.56. The lowest BCUT2D eigenvalue weighted by molar-refractivity contribution is -0.143. The van der Waals surface area contributed by atoms with Gasteiger partial charge in [0.25, 0.3) is 5.91 Å². The second-order valence-electron chi connectivity index (χ2n) is 5.26. The Labute approximate surface area is 145 Å². The van der Waals surface area contributed by atoms with E-state index in [0.717, 1.165) is 18.2 Å². The number of halogens is 3. The Balaban J connectivity index is 1.97. The van der Waals surface area contributed by atoms with Crippen molar-refractivity contribution in [3.63, 3.8) is 0 Å². The Bertz CT molecular complexity index is 879. The van der Waals surface area contributed by atoms with Gasteiger partial charge >= 0.3 is 12.1 Å². The maximum atomic E-state index is 12.9. The number of fused-ring (bicyclic) bond motifs is 2. The second-order valence-corrected chi connectivity index (χ2v) is 5.26. The van der Waals surface area contributed by atoms with Gasteiger partial charge in [-0.3, -0.25) is 4.79 Å². The van der Waals surface area contributed by atoms with Crippen LogP contribution in [0.25, 0.3) is 0 Å². The van der Waals surface area contributed by atoms with E-state index in [1.807, 2.05) is 0 Å². The molecule has 0 aliphatic carbocycles. The zero-order valence-corrected chi connectivity index (χ0v) is 13.3. The van der Waals surface area contributed by atoms with Crippen molar-refractivity contribution in [2.45, 2.75) is 6.18 Å². The predicted octanol–water partition coefficient (Wildman–Crippen LogP) is 3.62. The van der Waals surface area contributed by atoms with Crippen LogP contribution in [0.5, 0.6) is 17.2 Å². The Hall–Kier alpha value is -3.23. The number of esters is 1. The highest BCUT2D eigenvalue weighted by Gasteiger charge is 2.33. The molecule has 1 amide bonds. The molecule has 2 aromatic rings. The SMILES string of the molecule is COC(=O)COc1cccc2c1C(=O)Nc1cc(C(F)(F)F)ccc1O2. The molecule has 9 heteroatoms. The first-order chi connectivity index (χ1) is 12.3. The quantitative estimate of drug-likeness (QED) is 0.839. The van der Waals surface area contributed by atoms with Crippen LogP contribution in [0.2, 0.25) is 0 Å². The molecule has 0 fully saturated rings. The van der Waals surface area contributed by atoms with Gasteiger partial charge in [0.1, 0.15) is 17.1 Å². The molecule has 0 atom stereocenters. The fraction of sp³-hybridized carbons (Fsp3) is 0.176. The van der Waals surface area contributed by atoms with Crippen LogP contribution < -0.4 is 14.8 Å². The topological polar surface area (TPSA) is 73.9 Å². The minimum atomic E-state index is -4.56. The van der Waals surface area contributed by atoms with E-state index in [1.54, 1.807) is 0 Å². The monoisotopic (exact) mass is 367 g/mol. The van der Waals surface area contributed by atoms with E-state index in [-0.39, 0.29) is 28.5 Å². The molecule has 2 aromatic carbocycles. The fourth-order valence-corrected chi connectivity index (χ4v) is 2.33. The summed E-state index contributed by atoms with van der Waals surface area (Å²) in [5.41, 5.74) is -1.09. The van der Waals surface area contributed by atoms with Crippen LogP contribution in [-0.4, -0.2) is 25.6 Å². The van der Waals surface area contributed by atoms with Gasteiger partial charge in [-0.15, -0.1) is 0 Å². The molecule has 3 rings (SSSR count). The molecule has 0 bridgehead atoms. The van der Waals surface area contributed by atoms with Crippen LogP contribution in [0.3, 0.4) is 0 Å². The summed E-state index contributed by atoms with van der Waals surface area (Å²) in [4.78, 5) is 23.7. The standard InChI is InChI=1S/C17H12F3NO5/c1-24-14(22)8-25-12-3-2-4-13-15(12)16(23)21-10-7-9(17(18,19)20)5-6-11(10)26-13/h2-7H,8H2,1H3,(H,21,23). The van der Waals surface area contributed by atoms with E-state index in [9.17, 15) is 22.8 Å². The van der Waals surface area contributed by atoms with Crippen LogP contribution in [-0.2, 0) is 15.7 Å². The molecule has 1 heterocycles. The number of amides is 1. The molecule has 0 unspecified atom stereocenters. The first-order valence-electron chi connectivity index (χ1n) is 7.32. The average Bonchev–Trinajstić information content (AvgIpc) is 2.74. The zero-order valence-electron chi connectivity index (χ0n) is 13.3. The second kappa shape index (κ2) is 6.58. The third-order valence-corrected chi connectivity index (χ3v) is 3.56. The number of rotatable bonds is 3. The summed E-state index contributed by atoms with van der Waals surface area (Å²) in [6, 6.07) is 7.18. The van der Waals surface area contributed by atoms with Gasteiger partial charge in [-0.05, 0) is 30.3 Å². The molecule has 0 saturated heterocycles. The van der Waals surface area contributed by atoms with Crippen molar-refractivity contribution >= 4 is 17.6 Å². The zero-order chi connectivity index (χ0) is 18.9. The van der Waals surface area contributed by atoms with Crippen LogP contribution >= 0.6 is 0 Å². The summed E-state index contributed by atoms with van der Waals surface area (Å²) >= 11 is 0. The first-order valence-corrected chi connectivity index (χ1v) is 7.32. The molecule has 136 valence electrons. The van der Waals surface area contributed by atoms with Gasteiger partial charge in [-0.2, -0.15) is 13.2 Å². The van der Waals surface area contributed by atoms with Crippen LogP contribution in [0.1, 0.15) is 15.9 Å². The third kappa shape index (κ3) is 3.41. The number of ether oxygens (including phenoxy) is 3. The van der Waals surface area contributed by atoms with Gasteiger partial charge in [0.15, 0.2) is 12.4 Å². The molecule has 0 radical (unpaired) electrons. The molecular formula is C17H12F3NO5. The summed E-state index contributed by atoms with van der Waals surface area (Å²) in [6.07, 6.45) is -4.56. The lowest BCUT2D eigenvalue weighted by Gasteiger charge is -2.12. The van der Waals surface area contributed by atoms with Crippen molar-refractivity contribution in [2.75, 3.05) is 19.0 Å². The van der Waals surface area contributed by atoms with Crippen LogP contribution in [0.4, 0.5) is 18.9 Å². The average molecular weight is 367 g/mol. The molecule has 0 spiro atoms. The van der Waals surface area contributed by atoms with Gasteiger partial charge in [-0.1, -0.05) is 6.07 Å². The lowest BCUT2D eigenvalue weighted by Crippen LogP contribution is -2.17. The maximum Gasteiger partial charge on any atom is 0.416 e. The number of carbonyl (C=O) groups excluding carboxylic acids is 2. The summed E-state index contributed by atoms with van der Waals surface area (Å²) in [5, 5.41) is 2.37. The molecule has 1 aliphatic heterocycles. The highest BCUT2D eigenvalue weighted by Crippen LogP contribution is 2.41. The highest BCUT2D eigenvalue weighted by atomic mass is 19.4. The Kier molecular flexibility index (Phi) is 4.45. The summed E-state index contributed by atoms with van der Waals surface area (Å²) in [6.45, 7) is -0.439. The van der Waals surface area contributed by atoms with E-state index in [2.05, 4.69) is 10.1 Å².